The maximum absolute atomic E-state index is 13.8. The minimum Gasteiger partial charge on any atom is -0.353 e. The fourth-order valence-corrected chi connectivity index (χ4v) is 8.60. The first kappa shape index (κ1) is 31.0. The van der Waals surface area contributed by atoms with Crippen molar-refractivity contribution in [3.63, 3.8) is 0 Å². The molecule has 2 aliphatic rings. The SMILES string of the molecule is Cc1ccccc1CC1(N(C)C)CCC(NC(=O)CC2c3ccccc3CCN2S(=O)(=O)c2ccc(Cl)c(Cl)c2)CC1. The lowest BCUT2D eigenvalue weighted by atomic mass is 9.74. The Hall–Kier alpha value is -2.42. The van der Waals surface area contributed by atoms with Crippen molar-refractivity contribution >= 4 is 39.1 Å². The summed E-state index contributed by atoms with van der Waals surface area (Å²) in [6, 6.07) is 20.2. The molecule has 0 aromatic heterocycles. The topological polar surface area (TPSA) is 69.7 Å². The molecule has 0 radical (unpaired) electrons. The Morgan fingerprint density at radius 2 is 1.69 bits per heavy atom. The molecular weight excluding hydrogens is 589 g/mol. The van der Waals surface area contributed by atoms with Gasteiger partial charge in [-0.3, -0.25) is 4.79 Å². The number of nitrogens with zero attached hydrogens (tertiary/aromatic N) is 2. The summed E-state index contributed by atoms with van der Waals surface area (Å²) in [5.41, 5.74) is 4.66. The van der Waals surface area contributed by atoms with Crippen LogP contribution in [0.25, 0.3) is 0 Å². The number of sulfonamides is 1. The molecule has 1 amide bonds. The molecule has 1 aliphatic heterocycles. The molecule has 1 saturated carbocycles. The molecule has 0 bridgehead atoms. The molecule has 9 heteroatoms. The number of nitrogens with one attached hydrogen (secondary N) is 1. The van der Waals surface area contributed by atoms with Crippen LogP contribution in [0.15, 0.2) is 71.6 Å². The standard InChI is InChI=1S/C33H39Cl2N3O3S/c1-23-8-4-5-10-25(23)22-33(37(2)3)17-14-26(15-18-33)36-32(39)21-31-28-11-7-6-9-24(28)16-19-38(31)42(40,41)27-12-13-29(34)30(35)20-27/h4-13,20,26,31H,14-19,21-22H2,1-3H3,(H,36,39). The second kappa shape index (κ2) is 12.7. The number of benzene rings is 3. The van der Waals surface area contributed by atoms with E-state index in [4.69, 9.17) is 23.2 Å². The van der Waals surface area contributed by atoms with Gasteiger partial charge in [0.05, 0.1) is 21.0 Å². The van der Waals surface area contributed by atoms with Gasteiger partial charge in [0.1, 0.15) is 0 Å². The third-order valence-corrected chi connectivity index (χ3v) is 11.9. The number of carbonyl (C=O) groups is 1. The van der Waals surface area contributed by atoms with Crippen LogP contribution in [0, 0.1) is 6.92 Å². The van der Waals surface area contributed by atoms with Crippen molar-refractivity contribution in [2.24, 2.45) is 0 Å². The molecule has 3 aromatic rings. The highest BCUT2D eigenvalue weighted by molar-refractivity contribution is 7.89. The van der Waals surface area contributed by atoms with Crippen molar-refractivity contribution < 1.29 is 13.2 Å². The lowest BCUT2D eigenvalue weighted by Crippen LogP contribution is -2.52. The highest BCUT2D eigenvalue weighted by Gasteiger charge is 2.40. The van der Waals surface area contributed by atoms with Crippen LogP contribution in [-0.2, 0) is 27.7 Å². The van der Waals surface area contributed by atoms with Crippen LogP contribution in [0.4, 0.5) is 0 Å². The Kier molecular flexibility index (Phi) is 9.36. The predicted octanol–water partition coefficient (Wildman–Crippen LogP) is 6.58. The molecule has 6 nitrogen and oxygen atoms in total. The Labute approximate surface area is 260 Å². The molecule has 1 heterocycles. The summed E-state index contributed by atoms with van der Waals surface area (Å²) in [5, 5.41) is 3.73. The summed E-state index contributed by atoms with van der Waals surface area (Å²) >= 11 is 12.2. The van der Waals surface area contributed by atoms with Crippen molar-refractivity contribution in [3.05, 3.63) is 99.0 Å². The van der Waals surface area contributed by atoms with E-state index in [2.05, 4.69) is 55.5 Å². The van der Waals surface area contributed by atoms with Gasteiger partial charge in [0.15, 0.2) is 0 Å². The smallest absolute Gasteiger partial charge is 0.243 e. The molecule has 1 N–H and O–H groups in total. The quantitative estimate of drug-likeness (QED) is 0.306. The van der Waals surface area contributed by atoms with Gasteiger partial charge in [-0.05, 0) is 100.0 Å². The fraction of sp³-hybridized carbons (Fsp3) is 0.424. The lowest BCUT2D eigenvalue weighted by Gasteiger charge is -2.46. The third kappa shape index (κ3) is 6.41. The van der Waals surface area contributed by atoms with Gasteiger partial charge in [0.25, 0.3) is 0 Å². The number of hydrogen-bond donors (Lipinski definition) is 1. The predicted molar refractivity (Wildman–Crippen MR) is 170 cm³/mol. The number of aryl methyl sites for hydroxylation is 1. The number of rotatable bonds is 8. The lowest BCUT2D eigenvalue weighted by molar-refractivity contribution is -0.123. The summed E-state index contributed by atoms with van der Waals surface area (Å²) in [6.45, 7) is 2.45. The van der Waals surface area contributed by atoms with Gasteiger partial charge in [-0.15, -0.1) is 0 Å². The van der Waals surface area contributed by atoms with E-state index in [0.717, 1.165) is 43.2 Å². The van der Waals surface area contributed by atoms with E-state index < -0.39 is 16.1 Å². The monoisotopic (exact) mass is 627 g/mol. The van der Waals surface area contributed by atoms with E-state index in [9.17, 15) is 13.2 Å². The molecule has 5 rings (SSSR count). The summed E-state index contributed by atoms with van der Waals surface area (Å²) in [5.74, 6) is -0.132. The number of hydrogen-bond acceptors (Lipinski definition) is 4. The van der Waals surface area contributed by atoms with Gasteiger partial charge in [-0.25, -0.2) is 8.42 Å². The largest absolute Gasteiger partial charge is 0.353 e. The third-order valence-electron chi connectivity index (χ3n) is 9.25. The second-order valence-corrected chi connectivity index (χ2v) is 14.6. The Balaban J connectivity index is 1.31. The molecular formula is C33H39Cl2N3O3S. The molecule has 1 unspecified atom stereocenters. The molecule has 3 aromatic carbocycles. The number of amides is 1. The minimum absolute atomic E-state index is 0.0420. The van der Waals surface area contributed by atoms with Crippen molar-refractivity contribution in [1.29, 1.82) is 0 Å². The number of likely N-dealkylation sites (N-methyl/N-ethyl adjacent to an activating group) is 1. The van der Waals surface area contributed by atoms with Gasteiger partial charge >= 0.3 is 0 Å². The van der Waals surface area contributed by atoms with Gasteiger partial charge in [0.2, 0.25) is 15.9 Å². The summed E-state index contributed by atoms with van der Waals surface area (Å²) in [4.78, 5) is 16.0. The van der Waals surface area contributed by atoms with E-state index in [1.807, 2.05) is 24.3 Å². The number of fused-ring (bicyclic) bond motifs is 1. The van der Waals surface area contributed by atoms with Crippen LogP contribution in [0.5, 0.6) is 0 Å². The second-order valence-electron chi connectivity index (χ2n) is 11.9. The van der Waals surface area contributed by atoms with Crippen molar-refractivity contribution in [1.82, 2.24) is 14.5 Å². The maximum atomic E-state index is 13.8. The van der Waals surface area contributed by atoms with E-state index in [0.29, 0.717) is 11.4 Å². The Morgan fingerprint density at radius 3 is 2.38 bits per heavy atom. The molecule has 1 atom stereocenters. The van der Waals surface area contributed by atoms with E-state index in [1.54, 1.807) is 0 Å². The van der Waals surface area contributed by atoms with E-state index in [-0.39, 0.29) is 40.4 Å². The minimum atomic E-state index is -3.93. The van der Waals surface area contributed by atoms with Crippen LogP contribution in [0.3, 0.4) is 0 Å². The van der Waals surface area contributed by atoms with Crippen molar-refractivity contribution in [2.75, 3.05) is 20.6 Å². The molecule has 0 spiro atoms. The zero-order valence-electron chi connectivity index (χ0n) is 24.4. The first-order valence-electron chi connectivity index (χ1n) is 14.6. The average Bonchev–Trinajstić information content (AvgIpc) is 2.96. The first-order valence-corrected chi connectivity index (χ1v) is 16.8. The van der Waals surface area contributed by atoms with E-state index >= 15 is 0 Å². The number of halogens is 2. The maximum Gasteiger partial charge on any atom is 0.243 e. The van der Waals surface area contributed by atoms with E-state index in [1.165, 1.54) is 33.6 Å². The molecule has 1 fully saturated rings. The zero-order valence-corrected chi connectivity index (χ0v) is 26.8. The number of carbonyl (C=O) groups excluding carboxylic acids is 1. The summed E-state index contributed by atoms with van der Waals surface area (Å²) in [7, 11) is 0.381. The van der Waals surface area contributed by atoms with Crippen LogP contribution in [-0.4, -0.2) is 55.8 Å². The highest BCUT2D eigenvalue weighted by atomic mass is 35.5. The summed E-state index contributed by atoms with van der Waals surface area (Å²) < 4.78 is 29.1. The Morgan fingerprint density at radius 1 is 1.00 bits per heavy atom. The highest BCUT2D eigenvalue weighted by Crippen LogP contribution is 2.39. The Bertz CT molecular complexity index is 1550. The zero-order chi connectivity index (χ0) is 30.1. The van der Waals surface area contributed by atoms with Crippen LogP contribution in [0.1, 0.15) is 60.4 Å². The molecule has 224 valence electrons. The molecule has 1 aliphatic carbocycles. The van der Waals surface area contributed by atoms with Crippen molar-refractivity contribution in [3.8, 4) is 0 Å². The molecule has 42 heavy (non-hydrogen) atoms. The van der Waals surface area contributed by atoms with Gasteiger partial charge in [-0.2, -0.15) is 4.31 Å². The van der Waals surface area contributed by atoms with Gasteiger partial charge < -0.3 is 10.2 Å². The molecule has 0 saturated heterocycles. The van der Waals surface area contributed by atoms with Gasteiger partial charge in [0, 0.05) is 24.5 Å². The fourth-order valence-electron chi connectivity index (χ4n) is 6.61. The van der Waals surface area contributed by atoms with Crippen molar-refractivity contribution in [2.45, 2.75) is 74.4 Å². The first-order chi connectivity index (χ1) is 20.0. The van der Waals surface area contributed by atoms with Crippen LogP contribution < -0.4 is 5.32 Å². The van der Waals surface area contributed by atoms with Crippen LogP contribution >= 0.6 is 23.2 Å². The van der Waals surface area contributed by atoms with Gasteiger partial charge in [-0.1, -0.05) is 71.7 Å². The normalized spacial score (nSPS) is 23.0. The average molecular weight is 629 g/mol. The van der Waals surface area contributed by atoms with Crippen LogP contribution in [0.2, 0.25) is 10.0 Å². The summed E-state index contributed by atoms with van der Waals surface area (Å²) in [6.07, 6.45) is 5.31.